The number of nitrogens with zero attached hydrogens (tertiary/aromatic N) is 1. The minimum absolute atomic E-state index is 0.0171. The maximum Gasteiger partial charge on any atom is 0.243 e. The van der Waals surface area contributed by atoms with Crippen molar-refractivity contribution in [3.05, 3.63) is 89.5 Å². The molecule has 0 radical (unpaired) electrons. The van der Waals surface area contributed by atoms with Gasteiger partial charge >= 0.3 is 0 Å². The quantitative estimate of drug-likeness (QED) is 0.431. The van der Waals surface area contributed by atoms with Crippen LogP contribution in [0.15, 0.2) is 82.6 Å². The molecule has 0 bridgehead atoms. The van der Waals surface area contributed by atoms with Crippen LogP contribution in [0.1, 0.15) is 23.6 Å². The van der Waals surface area contributed by atoms with Crippen LogP contribution in [0.25, 0.3) is 0 Å². The van der Waals surface area contributed by atoms with E-state index in [0.717, 1.165) is 22.4 Å². The Morgan fingerprint density at radius 1 is 0.853 bits per heavy atom. The number of methoxy groups -OCH3 is 1. The van der Waals surface area contributed by atoms with E-state index in [4.69, 9.17) is 4.74 Å². The minimum atomic E-state index is -3.77. The van der Waals surface area contributed by atoms with E-state index in [0.29, 0.717) is 13.0 Å². The van der Waals surface area contributed by atoms with Crippen LogP contribution in [-0.2, 0) is 33.0 Å². The Kier molecular flexibility index (Phi) is 8.48. The molecule has 0 saturated carbocycles. The molecule has 3 rings (SSSR count). The fourth-order valence-electron chi connectivity index (χ4n) is 3.60. The molecule has 0 atom stereocenters. The van der Waals surface area contributed by atoms with Crippen molar-refractivity contribution in [2.45, 2.75) is 36.6 Å². The van der Waals surface area contributed by atoms with Gasteiger partial charge in [-0.15, -0.1) is 0 Å². The number of sulfonamides is 2. The average Bonchev–Trinajstić information content (AvgIpc) is 2.83. The second-order valence-corrected chi connectivity index (χ2v) is 11.5. The molecular formula is C25H30N2O5S2. The minimum Gasteiger partial charge on any atom is -0.496 e. The third-order valence-corrected chi connectivity index (χ3v) is 8.90. The van der Waals surface area contributed by atoms with Gasteiger partial charge in [-0.3, -0.25) is 0 Å². The summed E-state index contributed by atoms with van der Waals surface area (Å²) in [7, 11) is -5.93. The Balaban J connectivity index is 1.67. The molecule has 34 heavy (non-hydrogen) atoms. The lowest BCUT2D eigenvalue weighted by molar-refractivity contribution is 0.411. The molecule has 3 aromatic rings. The Hall–Kier alpha value is -2.72. The van der Waals surface area contributed by atoms with Crippen molar-refractivity contribution in [3.8, 4) is 5.75 Å². The number of hydrogen-bond donors (Lipinski definition) is 1. The van der Waals surface area contributed by atoms with Crippen molar-refractivity contribution in [1.29, 1.82) is 0 Å². The predicted molar refractivity (Wildman–Crippen MR) is 133 cm³/mol. The van der Waals surface area contributed by atoms with Gasteiger partial charge < -0.3 is 4.74 Å². The van der Waals surface area contributed by atoms with Crippen molar-refractivity contribution in [3.63, 3.8) is 0 Å². The number of aryl methyl sites for hydroxylation is 1. The molecule has 1 N–H and O–H groups in total. The predicted octanol–water partition coefficient (Wildman–Crippen LogP) is 3.74. The van der Waals surface area contributed by atoms with E-state index < -0.39 is 20.0 Å². The lowest BCUT2D eigenvalue weighted by Crippen LogP contribution is -2.30. The molecule has 0 aliphatic carbocycles. The molecule has 0 amide bonds. The smallest absolute Gasteiger partial charge is 0.243 e. The summed E-state index contributed by atoms with van der Waals surface area (Å²) in [5, 5.41) is 0. The Morgan fingerprint density at radius 3 is 2.09 bits per heavy atom. The van der Waals surface area contributed by atoms with Crippen molar-refractivity contribution in [1.82, 2.24) is 9.03 Å². The van der Waals surface area contributed by atoms with E-state index in [1.807, 2.05) is 55.5 Å². The van der Waals surface area contributed by atoms with Gasteiger partial charge in [-0.05, 0) is 60.4 Å². The van der Waals surface area contributed by atoms with Gasteiger partial charge in [0.25, 0.3) is 0 Å². The highest BCUT2D eigenvalue weighted by Crippen LogP contribution is 2.21. The van der Waals surface area contributed by atoms with E-state index in [1.165, 1.54) is 28.6 Å². The summed E-state index contributed by atoms with van der Waals surface area (Å²) < 4.78 is 60.7. The molecule has 0 aliphatic heterocycles. The van der Waals surface area contributed by atoms with Crippen LogP contribution in [0.2, 0.25) is 0 Å². The Labute approximate surface area is 202 Å². The molecule has 0 saturated heterocycles. The van der Waals surface area contributed by atoms with Crippen LogP contribution in [-0.4, -0.2) is 41.3 Å². The van der Waals surface area contributed by atoms with Crippen molar-refractivity contribution < 1.29 is 21.6 Å². The Bertz CT molecular complexity index is 1310. The summed E-state index contributed by atoms with van der Waals surface area (Å²) in [5.74, 6) is 0.782. The second-order valence-electron chi connectivity index (χ2n) is 7.84. The van der Waals surface area contributed by atoms with Crippen LogP contribution < -0.4 is 9.46 Å². The van der Waals surface area contributed by atoms with Crippen molar-refractivity contribution >= 4 is 20.0 Å². The van der Waals surface area contributed by atoms with E-state index >= 15 is 0 Å². The Morgan fingerprint density at radius 2 is 1.50 bits per heavy atom. The fourth-order valence-corrected chi connectivity index (χ4v) is 6.07. The average molecular weight is 503 g/mol. The number of benzene rings is 3. The highest BCUT2D eigenvalue weighted by Gasteiger charge is 2.24. The molecule has 0 fully saturated rings. The summed E-state index contributed by atoms with van der Waals surface area (Å²) in [6.07, 6.45) is 0.515. The van der Waals surface area contributed by atoms with E-state index in [2.05, 4.69) is 4.72 Å². The molecule has 182 valence electrons. The largest absolute Gasteiger partial charge is 0.496 e. The lowest BCUT2D eigenvalue weighted by atomic mass is 10.1. The van der Waals surface area contributed by atoms with Gasteiger partial charge in [-0.2, -0.15) is 4.31 Å². The summed E-state index contributed by atoms with van der Waals surface area (Å²) in [6.45, 7) is 4.46. The highest BCUT2D eigenvalue weighted by atomic mass is 32.2. The standard InChI is InChI=1S/C25H30N2O5S2/c1-4-27(19-22-8-6-5-7-9-22)34(30,31)24-13-11-23(12-14-24)33(28,29)26-17-16-21-10-15-25(32-3)20(2)18-21/h5-15,18,26H,4,16-17,19H2,1-3H3. The molecule has 0 unspecified atom stereocenters. The fraction of sp³-hybridized carbons (Fsp3) is 0.280. The normalized spacial score (nSPS) is 12.1. The van der Waals surface area contributed by atoms with Crippen LogP contribution in [0.5, 0.6) is 5.75 Å². The zero-order valence-corrected chi connectivity index (χ0v) is 21.2. The molecule has 9 heteroatoms. The summed E-state index contributed by atoms with van der Waals surface area (Å²) in [5.41, 5.74) is 2.84. The monoisotopic (exact) mass is 502 g/mol. The van der Waals surface area contributed by atoms with Gasteiger partial charge in [0.1, 0.15) is 5.75 Å². The van der Waals surface area contributed by atoms with Crippen LogP contribution in [0, 0.1) is 6.92 Å². The molecule has 3 aromatic carbocycles. The number of hydrogen-bond acceptors (Lipinski definition) is 5. The first-order valence-electron chi connectivity index (χ1n) is 10.9. The molecular weight excluding hydrogens is 472 g/mol. The van der Waals surface area contributed by atoms with Crippen molar-refractivity contribution in [2.75, 3.05) is 20.2 Å². The van der Waals surface area contributed by atoms with Gasteiger partial charge in [-0.1, -0.05) is 49.4 Å². The molecule has 0 spiro atoms. The molecule has 0 heterocycles. The first kappa shape index (κ1) is 25.9. The topological polar surface area (TPSA) is 92.8 Å². The third kappa shape index (κ3) is 6.24. The zero-order valence-electron chi connectivity index (χ0n) is 19.6. The number of nitrogens with one attached hydrogen (secondary N) is 1. The third-order valence-electron chi connectivity index (χ3n) is 5.49. The summed E-state index contributed by atoms with van der Waals surface area (Å²) in [4.78, 5) is 0.0707. The molecule has 0 aliphatic rings. The SMILES string of the molecule is CCN(Cc1ccccc1)S(=O)(=O)c1ccc(S(=O)(=O)NCCc2ccc(OC)c(C)c2)cc1. The summed E-state index contributed by atoms with van der Waals surface area (Å²) >= 11 is 0. The van der Waals surface area contributed by atoms with E-state index in [1.54, 1.807) is 14.0 Å². The van der Waals surface area contributed by atoms with Gasteiger partial charge in [0.2, 0.25) is 20.0 Å². The van der Waals surface area contributed by atoms with Crippen LogP contribution in [0.3, 0.4) is 0 Å². The number of rotatable bonds is 11. The zero-order chi connectivity index (χ0) is 24.8. The van der Waals surface area contributed by atoms with E-state index in [9.17, 15) is 16.8 Å². The summed E-state index contributed by atoms with van der Waals surface area (Å²) in [6, 6.07) is 20.4. The maximum absolute atomic E-state index is 13.1. The van der Waals surface area contributed by atoms with Gasteiger partial charge in [0, 0.05) is 19.6 Å². The van der Waals surface area contributed by atoms with Gasteiger partial charge in [0.05, 0.1) is 16.9 Å². The maximum atomic E-state index is 13.1. The first-order chi connectivity index (χ1) is 16.2. The first-order valence-corrected chi connectivity index (χ1v) is 13.9. The van der Waals surface area contributed by atoms with Crippen LogP contribution >= 0.6 is 0 Å². The van der Waals surface area contributed by atoms with Crippen molar-refractivity contribution in [2.24, 2.45) is 0 Å². The van der Waals surface area contributed by atoms with E-state index in [-0.39, 0.29) is 22.9 Å². The second kappa shape index (κ2) is 11.1. The highest BCUT2D eigenvalue weighted by molar-refractivity contribution is 7.89. The molecule has 0 aromatic heterocycles. The van der Waals surface area contributed by atoms with Gasteiger partial charge in [-0.25, -0.2) is 21.6 Å². The lowest BCUT2D eigenvalue weighted by Gasteiger charge is -2.20. The molecule has 7 nitrogen and oxygen atoms in total. The van der Waals surface area contributed by atoms with Gasteiger partial charge in [0.15, 0.2) is 0 Å². The van der Waals surface area contributed by atoms with Crippen LogP contribution in [0.4, 0.5) is 0 Å². The number of ether oxygens (including phenoxy) is 1.